The van der Waals surface area contributed by atoms with Gasteiger partial charge in [0.1, 0.15) is 12.3 Å². The maximum atomic E-state index is 13.9. The number of likely N-dealkylation sites (N-methyl/N-ethyl adjacent to an activating group) is 1. The van der Waals surface area contributed by atoms with Crippen LogP contribution in [0.4, 0.5) is 4.39 Å². The van der Waals surface area contributed by atoms with E-state index in [1.165, 1.54) is 4.88 Å². The van der Waals surface area contributed by atoms with Gasteiger partial charge in [0, 0.05) is 37.7 Å². The summed E-state index contributed by atoms with van der Waals surface area (Å²) in [5.41, 5.74) is 0. The normalized spacial score (nSPS) is 22.8. The highest BCUT2D eigenvalue weighted by molar-refractivity contribution is 7.09. The summed E-state index contributed by atoms with van der Waals surface area (Å²) >= 11 is 1.72. The number of alkyl halides is 1. The SMILES string of the molecule is CO[C@H](C)c1noc(CN(C)C[C@@H]2C[C@H](F)CN2Cc2cccs2)n1. The number of nitrogens with zero attached hydrogens (tertiary/aromatic N) is 4. The highest BCUT2D eigenvalue weighted by Crippen LogP contribution is 2.25. The number of rotatable bonds is 8. The van der Waals surface area contributed by atoms with Crippen LogP contribution in [-0.4, -0.2) is 59.4 Å². The predicted octanol–water partition coefficient (Wildman–Crippen LogP) is 2.88. The van der Waals surface area contributed by atoms with Crippen molar-refractivity contribution in [1.29, 1.82) is 0 Å². The molecule has 6 nitrogen and oxygen atoms in total. The van der Waals surface area contributed by atoms with Gasteiger partial charge in [-0.15, -0.1) is 11.3 Å². The molecule has 0 unspecified atom stereocenters. The Balaban J connectivity index is 1.55. The molecule has 1 aliphatic rings. The van der Waals surface area contributed by atoms with Crippen molar-refractivity contribution in [1.82, 2.24) is 19.9 Å². The van der Waals surface area contributed by atoms with E-state index in [2.05, 4.69) is 31.4 Å². The number of methoxy groups -OCH3 is 1. The topological polar surface area (TPSA) is 54.6 Å². The average molecular weight is 368 g/mol. The first-order valence-electron chi connectivity index (χ1n) is 8.49. The lowest BCUT2D eigenvalue weighted by molar-refractivity contribution is 0.109. The molecule has 3 rings (SSSR count). The summed E-state index contributed by atoms with van der Waals surface area (Å²) in [6, 6.07) is 4.34. The molecule has 0 saturated carbocycles. The van der Waals surface area contributed by atoms with Gasteiger partial charge in [-0.05, 0) is 31.8 Å². The lowest BCUT2D eigenvalue weighted by Gasteiger charge is -2.27. The summed E-state index contributed by atoms with van der Waals surface area (Å²) in [6.45, 7) is 4.51. The summed E-state index contributed by atoms with van der Waals surface area (Å²) in [4.78, 5) is 9.98. The van der Waals surface area contributed by atoms with Gasteiger partial charge in [0.15, 0.2) is 5.82 Å². The zero-order chi connectivity index (χ0) is 17.8. The van der Waals surface area contributed by atoms with Crippen molar-refractivity contribution < 1.29 is 13.7 Å². The van der Waals surface area contributed by atoms with Crippen LogP contribution in [0.3, 0.4) is 0 Å². The van der Waals surface area contributed by atoms with E-state index in [0.29, 0.717) is 31.2 Å². The number of halogens is 1. The second-order valence-corrected chi connectivity index (χ2v) is 7.65. The van der Waals surface area contributed by atoms with E-state index < -0.39 is 6.17 Å². The number of thiophene rings is 1. The molecule has 2 aromatic heterocycles. The van der Waals surface area contributed by atoms with Gasteiger partial charge in [0.25, 0.3) is 0 Å². The molecule has 0 aromatic carbocycles. The minimum Gasteiger partial charge on any atom is -0.374 e. The van der Waals surface area contributed by atoms with Crippen molar-refractivity contribution in [3.8, 4) is 0 Å². The van der Waals surface area contributed by atoms with Gasteiger partial charge in [0.2, 0.25) is 5.89 Å². The summed E-state index contributed by atoms with van der Waals surface area (Å²) in [6.07, 6.45) is -0.368. The molecule has 0 N–H and O–H groups in total. The van der Waals surface area contributed by atoms with Gasteiger partial charge in [-0.1, -0.05) is 11.2 Å². The highest BCUT2D eigenvalue weighted by Gasteiger charge is 2.33. The van der Waals surface area contributed by atoms with E-state index in [4.69, 9.17) is 9.26 Å². The van der Waals surface area contributed by atoms with Crippen molar-refractivity contribution >= 4 is 11.3 Å². The quantitative estimate of drug-likeness (QED) is 0.714. The number of aromatic nitrogens is 2. The number of ether oxygens (including phenoxy) is 1. The van der Waals surface area contributed by atoms with Gasteiger partial charge in [-0.25, -0.2) is 4.39 Å². The zero-order valence-electron chi connectivity index (χ0n) is 14.9. The first kappa shape index (κ1) is 18.4. The van der Waals surface area contributed by atoms with Crippen LogP contribution < -0.4 is 0 Å². The summed E-state index contributed by atoms with van der Waals surface area (Å²) in [5.74, 6) is 1.11. The lowest BCUT2D eigenvalue weighted by atomic mass is 10.2. The zero-order valence-corrected chi connectivity index (χ0v) is 15.7. The molecule has 3 atom stereocenters. The molecule has 1 saturated heterocycles. The molecular formula is C17H25FN4O2S. The third kappa shape index (κ3) is 4.84. The summed E-state index contributed by atoms with van der Waals surface area (Å²) < 4.78 is 24.4. The third-order valence-electron chi connectivity index (χ3n) is 4.54. The Morgan fingerprint density at radius 3 is 3.12 bits per heavy atom. The van der Waals surface area contributed by atoms with Crippen molar-refractivity contribution in [2.24, 2.45) is 0 Å². The molecule has 0 radical (unpaired) electrons. The minimum atomic E-state index is -0.754. The Labute approximate surface area is 151 Å². The molecule has 2 aromatic rings. The molecule has 0 aliphatic carbocycles. The average Bonchev–Trinajstić information content (AvgIpc) is 3.30. The van der Waals surface area contributed by atoms with Crippen molar-refractivity contribution in [2.75, 3.05) is 27.2 Å². The molecule has 0 bridgehead atoms. The predicted molar refractivity (Wildman–Crippen MR) is 94.1 cm³/mol. The minimum absolute atomic E-state index is 0.189. The summed E-state index contributed by atoms with van der Waals surface area (Å²) in [7, 11) is 3.61. The van der Waals surface area contributed by atoms with Crippen LogP contribution >= 0.6 is 11.3 Å². The maximum absolute atomic E-state index is 13.9. The first-order valence-corrected chi connectivity index (χ1v) is 9.37. The largest absolute Gasteiger partial charge is 0.374 e. The van der Waals surface area contributed by atoms with Crippen LogP contribution in [0.25, 0.3) is 0 Å². The van der Waals surface area contributed by atoms with Crippen LogP contribution in [0.15, 0.2) is 22.0 Å². The van der Waals surface area contributed by atoms with E-state index >= 15 is 0 Å². The highest BCUT2D eigenvalue weighted by atomic mass is 32.1. The third-order valence-corrected chi connectivity index (χ3v) is 5.41. The molecule has 25 heavy (non-hydrogen) atoms. The van der Waals surface area contributed by atoms with Crippen molar-refractivity contribution in [2.45, 2.75) is 44.8 Å². The lowest BCUT2D eigenvalue weighted by Crippen LogP contribution is -2.38. The molecule has 8 heteroatoms. The van der Waals surface area contributed by atoms with Crippen LogP contribution in [0, 0.1) is 0 Å². The molecular weight excluding hydrogens is 343 g/mol. The Bertz CT molecular complexity index is 651. The van der Waals surface area contributed by atoms with Crippen molar-refractivity contribution in [3.63, 3.8) is 0 Å². The van der Waals surface area contributed by atoms with E-state index in [1.54, 1.807) is 18.4 Å². The Hall–Kier alpha value is -1.35. The number of hydrogen-bond acceptors (Lipinski definition) is 7. The van der Waals surface area contributed by atoms with Gasteiger partial charge >= 0.3 is 0 Å². The number of likely N-dealkylation sites (tertiary alicyclic amines) is 1. The smallest absolute Gasteiger partial charge is 0.240 e. The molecule has 0 amide bonds. The molecule has 138 valence electrons. The second-order valence-electron chi connectivity index (χ2n) is 6.62. The van der Waals surface area contributed by atoms with Crippen LogP contribution in [-0.2, 0) is 17.8 Å². The molecule has 1 fully saturated rings. The van der Waals surface area contributed by atoms with Crippen LogP contribution in [0.5, 0.6) is 0 Å². The Morgan fingerprint density at radius 1 is 1.56 bits per heavy atom. The molecule has 1 aliphatic heterocycles. The van der Waals surface area contributed by atoms with E-state index in [9.17, 15) is 4.39 Å². The fraction of sp³-hybridized carbons (Fsp3) is 0.647. The van der Waals surface area contributed by atoms with Gasteiger partial charge in [0.05, 0.1) is 6.54 Å². The fourth-order valence-corrected chi connectivity index (χ4v) is 3.90. The number of hydrogen-bond donors (Lipinski definition) is 0. The van der Waals surface area contributed by atoms with Crippen LogP contribution in [0.2, 0.25) is 0 Å². The summed E-state index contributed by atoms with van der Waals surface area (Å²) in [5, 5.41) is 6.01. The Morgan fingerprint density at radius 2 is 2.40 bits per heavy atom. The molecule has 3 heterocycles. The maximum Gasteiger partial charge on any atom is 0.240 e. The molecule has 0 spiro atoms. The fourth-order valence-electron chi connectivity index (χ4n) is 3.17. The monoisotopic (exact) mass is 368 g/mol. The standard InChI is InChI=1S/C17H25FN4O2S/c1-12(23-3)17-19-16(24-20-17)11-21(2)9-14-7-13(18)8-22(14)10-15-5-4-6-25-15/h4-6,12-14H,7-11H2,1-3H3/t12-,13+,14+/m1/s1. The first-order chi connectivity index (χ1) is 12.0. The van der Waals surface area contributed by atoms with Gasteiger partial charge in [-0.2, -0.15) is 4.98 Å². The van der Waals surface area contributed by atoms with Crippen LogP contribution in [0.1, 0.15) is 36.0 Å². The van der Waals surface area contributed by atoms with E-state index in [0.717, 1.165) is 13.1 Å². The van der Waals surface area contributed by atoms with Gasteiger partial charge < -0.3 is 9.26 Å². The Kier molecular flexibility index (Phi) is 6.16. The van der Waals surface area contributed by atoms with Crippen molar-refractivity contribution in [3.05, 3.63) is 34.1 Å². The van der Waals surface area contributed by atoms with E-state index in [-0.39, 0.29) is 12.1 Å². The van der Waals surface area contributed by atoms with E-state index in [1.807, 2.05) is 20.0 Å². The van der Waals surface area contributed by atoms with Gasteiger partial charge in [-0.3, -0.25) is 9.80 Å². The second kappa shape index (κ2) is 8.35.